The highest BCUT2D eigenvalue weighted by molar-refractivity contribution is 6.31. The first kappa shape index (κ1) is 14.8. The monoisotopic (exact) mass is 270 g/mol. The number of halogens is 1. The van der Waals surface area contributed by atoms with Gasteiger partial charge >= 0.3 is 0 Å². The number of hydrogen-bond acceptors (Lipinski definition) is 3. The van der Waals surface area contributed by atoms with Crippen molar-refractivity contribution in [3.63, 3.8) is 0 Å². The van der Waals surface area contributed by atoms with Gasteiger partial charge in [-0.3, -0.25) is 4.79 Å². The van der Waals surface area contributed by atoms with Crippen molar-refractivity contribution in [2.45, 2.75) is 20.4 Å². The molecule has 0 radical (unpaired) electrons. The van der Waals surface area contributed by atoms with E-state index in [2.05, 4.69) is 0 Å². The maximum absolute atomic E-state index is 11.7. The highest BCUT2D eigenvalue weighted by Gasteiger charge is 2.10. The van der Waals surface area contributed by atoms with Gasteiger partial charge in [-0.25, -0.2) is 0 Å². The average Bonchev–Trinajstić information content (AvgIpc) is 2.38. The molecule has 0 aromatic heterocycles. The van der Waals surface area contributed by atoms with Crippen LogP contribution in [-0.2, 0) is 11.3 Å². The van der Waals surface area contributed by atoms with Gasteiger partial charge < -0.3 is 15.4 Å². The average molecular weight is 271 g/mol. The summed E-state index contributed by atoms with van der Waals surface area (Å²) in [5.41, 5.74) is 6.37. The first-order valence-electron chi connectivity index (χ1n) is 6.01. The standard InChI is InChI=1S/C13H19ClN2O2/c1-3-16(4-2)13(17)9-18-11-6-5-10(8-15)12(14)7-11/h5-7H,3-4,8-9,15H2,1-2H3. The Bertz CT molecular complexity index is 406. The van der Waals surface area contributed by atoms with E-state index >= 15 is 0 Å². The van der Waals surface area contributed by atoms with Crippen LogP contribution in [0.3, 0.4) is 0 Å². The Morgan fingerprint density at radius 2 is 2.06 bits per heavy atom. The Morgan fingerprint density at radius 3 is 2.56 bits per heavy atom. The third-order valence-corrected chi connectivity index (χ3v) is 3.07. The van der Waals surface area contributed by atoms with Gasteiger partial charge in [-0.15, -0.1) is 0 Å². The van der Waals surface area contributed by atoms with Gasteiger partial charge in [-0.1, -0.05) is 17.7 Å². The summed E-state index contributed by atoms with van der Waals surface area (Å²) in [4.78, 5) is 13.5. The Labute approximate surface area is 113 Å². The van der Waals surface area contributed by atoms with Crippen LogP contribution in [0, 0.1) is 0 Å². The molecule has 0 aliphatic heterocycles. The van der Waals surface area contributed by atoms with Crippen LogP contribution in [0.15, 0.2) is 18.2 Å². The predicted molar refractivity (Wildman–Crippen MR) is 72.8 cm³/mol. The van der Waals surface area contributed by atoms with Crippen molar-refractivity contribution in [1.82, 2.24) is 4.90 Å². The van der Waals surface area contributed by atoms with Crippen molar-refractivity contribution in [2.75, 3.05) is 19.7 Å². The smallest absolute Gasteiger partial charge is 0.260 e. The fraction of sp³-hybridized carbons (Fsp3) is 0.462. The molecule has 0 saturated heterocycles. The molecule has 0 saturated carbocycles. The first-order valence-corrected chi connectivity index (χ1v) is 6.39. The topological polar surface area (TPSA) is 55.6 Å². The molecule has 1 amide bonds. The Balaban J connectivity index is 2.58. The number of rotatable bonds is 6. The SMILES string of the molecule is CCN(CC)C(=O)COc1ccc(CN)c(Cl)c1. The molecule has 0 atom stereocenters. The van der Waals surface area contributed by atoms with Gasteiger partial charge in [0.05, 0.1) is 0 Å². The van der Waals surface area contributed by atoms with Gasteiger partial charge in [0, 0.05) is 24.7 Å². The molecule has 1 aromatic rings. The largest absolute Gasteiger partial charge is 0.484 e. The summed E-state index contributed by atoms with van der Waals surface area (Å²) in [6.45, 7) is 5.66. The third kappa shape index (κ3) is 3.89. The fourth-order valence-electron chi connectivity index (χ4n) is 1.60. The summed E-state index contributed by atoms with van der Waals surface area (Å²) < 4.78 is 5.42. The van der Waals surface area contributed by atoms with Crippen molar-refractivity contribution in [3.8, 4) is 5.75 Å². The van der Waals surface area contributed by atoms with Crippen LogP contribution in [0.1, 0.15) is 19.4 Å². The van der Waals surface area contributed by atoms with E-state index in [9.17, 15) is 4.79 Å². The molecule has 0 fully saturated rings. The number of likely N-dealkylation sites (N-methyl/N-ethyl adjacent to an activating group) is 1. The zero-order valence-electron chi connectivity index (χ0n) is 10.8. The second-order valence-corrected chi connectivity index (χ2v) is 4.22. The predicted octanol–water partition coefficient (Wildman–Crippen LogP) is 2.05. The van der Waals surface area contributed by atoms with Crippen LogP contribution in [0.5, 0.6) is 5.75 Å². The number of nitrogens with two attached hydrogens (primary N) is 1. The van der Waals surface area contributed by atoms with Gasteiger partial charge in [0.15, 0.2) is 6.61 Å². The quantitative estimate of drug-likeness (QED) is 0.861. The van der Waals surface area contributed by atoms with E-state index in [-0.39, 0.29) is 12.5 Å². The minimum Gasteiger partial charge on any atom is -0.484 e. The lowest BCUT2D eigenvalue weighted by atomic mass is 10.2. The number of benzene rings is 1. The lowest BCUT2D eigenvalue weighted by molar-refractivity contribution is -0.132. The van der Waals surface area contributed by atoms with Gasteiger partial charge in [0.2, 0.25) is 0 Å². The second kappa shape index (κ2) is 7.24. The Kier molecular flexibility index (Phi) is 5.95. The van der Waals surface area contributed by atoms with Crippen molar-refractivity contribution in [1.29, 1.82) is 0 Å². The number of carbonyl (C=O) groups is 1. The molecular weight excluding hydrogens is 252 g/mol. The van der Waals surface area contributed by atoms with E-state index < -0.39 is 0 Å². The molecule has 1 rings (SSSR count). The molecule has 1 aromatic carbocycles. The summed E-state index contributed by atoms with van der Waals surface area (Å²) in [5, 5.41) is 0.560. The van der Waals surface area contributed by atoms with E-state index in [0.29, 0.717) is 30.4 Å². The Hall–Kier alpha value is -1.26. The summed E-state index contributed by atoms with van der Waals surface area (Å²) in [7, 11) is 0. The number of ether oxygens (including phenoxy) is 1. The molecule has 18 heavy (non-hydrogen) atoms. The van der Waals surface area contributed by atoms with Crippen LogP contribution < -0.4 is 10.5 Å². The summed E-state index contributed by atoms with van der Waals surface area (Å²) in [5.74, 6) is 0.553. The molecule has 4 nitrogen and oxygen atoms in total. The minimum atomic E-state index is -0.0287. The van der Waals surface area contributed by atoms with Gasteiger partial charge in [0.25, 0.3) is 5.91 Å². The first-order chi connectivity index (χ1) is 8.62. The third-order valence-electron chi connectivity index (χ3n) is 2.72. The molecule has 0 unspecified atom stereocenters. The lowest BCUT2D eigenvalue weighted by Crippen LogP contribution is -2.34. The minimum absolute atomic E-state index is 0.0278. The molecule has 2 N–H and O–H groups in total. The highest BCUT2D eigenvalue weighted by Crippen LogP contribution is 2.22. The van der Waals surface area contributed by atoms with Crippen LogP contribution in [-0.4, -0.2) is 30.5 Å². The van der Waals surface area contributed by atoms with E-state index in [1.165, 1.54) is 0 Å². The second-order valence-electron chi connectivity index (χ2n) is 3.81. The fourth-order valence-corrected chi connectivity index (χ4v) is 1.84. The summed E-state index contributed by atoms with van der Waals surface area (Å²) in [6, 6.07) is 5.25. The number of hydrogen-bond donors (Lipinski definition) is 1. The van der Waals surface area contributed by atoms with Gasteiger partial charge in [-0.05, 0) is 31.5 Å². The van der Waals surface area contributed by atoms with E-state index in [1.807, 2.05) is 13.8 Å². The van der Waals surface area contributed by atoms with Crippen LogP contribution in [0.25, 0.3) is 0 Å². The lowest BCUT2D eigenvalue weighted by Gasteiger charge is -2.18. The zero-order valence-corrected chi connectivity index (χ0v) is 11.5. The molecule has 0 aliphatic rings. The van der Waals surface area contributed by atoms with Crippen molar-refractivity contribution < 1.29 is 9.53 Å². The van der Waals surface area contributed by atoms with E-state index in [0.717, 1.165) is 5.56 Å². The molecular formula is C13H19ClN2O2. The molecule has 0 heterocycles. The number of amides is 1. The van der Waals surface area contributed by atoms with Crippen LogP contribution >= 0.6 is 11.6 Å². The van der Waals surface area contributed by atoms with Gasteiger partial charge in [-0.2, -0.15) is 0 Å². The molecule has 0 aliphatic carbocycles. The summed E-state index contributed by atoms with van der Waals surface area (Å²) >= 11 is 6.01. The zero-order chi connectivity index (χ0) is 13.5. The number of carbonyl (C=O) groups excluding carboxylic acids is 1. The molecule has 5 heteroatoms. The molecule has 0 spiro atoms. The Morgan fingerprint density at radius 1 is 1.39 bits per heavy atom. The highest BCUT2D eigenvalue weighted by atomic mass is 35.5. The van der Waals surface area contributed by atoms with E-state index in [4.69, 9.17) is 22.1 Å². The normalized spacial score (nSPS) is 10.2. The summed E-state index contributed by atoms with van der Waals surface area (Å²) in [6.07, 6.45) is 0. The van der Waals surface area contributed by atoms with Crippen LogP contribution in [0.4, 0.5) is 0 Å². The maximum Gasteiger partial charge on any atom is 0.260 e. The maximum atomic E-state index is 11.7. The molecule has 0 bridgehead atoms. The molecule has 100 valence electrons. The van der Waals surface area contributed by atoms with Gasteiger partial charge in [0.1, 0.15) is 5.75 Å². The van der Waals surface area contributed by atoms with E-state index in [1.54, 1.807) is 23.1 Å². The van der Waals surface area contributed by atoms with Crippen molar-refractivity contribution >= 4 is 17.5 Å². The van der Waals surface area contributed by atoms with Crippen molar-refractivity contribution in [3.05, 3.63) is 28.8 Å². The van der Waals surface area contributed by atoms with Crippen LogP contribution in [0.2, 0.25) is 5.02 Å². The number of nitrogens with zero attached hydrogens (tertiary/aromatic N) is 1. The van der Waals surface area contributed by atoms with Crippen molar-refractivity contribution in [2.24, 2.45) is 5.73 Å².